The molecule has 8 rings (SSSR count). The van der Waals surface area contributed by atoms with E-state index in [4.69, 9.17) is 9.97 Å². The maximum atomic E-state index is 13.2. The van der Waals surface area contributed by atoms with E-state index in [9.17, 15) is 19.2 Å². The Morgan fingerprint density at radius 2 is 1.56 bits per heavy atom. The zero-order valence-corrected chi connectivity index (χ0v) is 24.8. The lowest BCUT2D eigenvalue weighted by atomic mass is 9.95. The van der Waals surface area contributed by atoms with Gasteiger partial charge in [-0.2, -0.15) is 9.99 Å². The van der Waals surface area contributed by atoms with Crippen LogP contribution < -0.4 is 15.1 Å². The molecule has 2 aromatic heterocycles. The average Bonchev–Trinajstić information content (AvgIpc) is 3.55. The Morgan fingerprint density at radius 3 is 2.36 bits per heavy atom. The molecule has 0 aliphatic carbocycles. The molecule has 230 valence electrons. The van der Waals surface area contributed by atoms with Crippen LogP contribution in [0.3, 0.4) is 0 Å². The van der Waals surface area contributed by atoms with E-state index >= 15 is 0 Å². The number of carbonyl (C=O) groups is 4. The topological polar surface area (TPSA) is 127 Å². The van der Waals surface area contributed by atoms with E-state index in [0.29, 0.717) is 5.92 Å². The monoisotopic (exact) mass is 607 g/mol. The lowest BCUT2D eigenvalue weighted by Crippen LogP contribution is -2.58. The van der Waals surface area contributed by atoms with Crippen LogP contribution in [0, 0.1) is 5.92 Å². The number of aromatic nitrogens is 3. The standard InChI is InChI=1S/C32H33N9O4/c42-28-10-14-40(32(45)35-28)41-29(43)23-6-5-22(19-24(23)30(41)44)37-11-7-21(8-12-37)20-36-15-17-38(18-16-36)27-9-13-39-26-4-2-1-3-25(26)33-31(39)34-27/h1-6,9,13,19,21H,7-8,10-12,14-18,20H2,(H,35,42,45). The third-order valence-corrected chi connectivity index (χ3v) is 9.48. The second-order valence-corrected chi connectivity index (χ2v) is 12.2. The number of anilines is 2. The maximum Gasteiger partial charge on any atom is 0.343 e. The molecule has 0 saturated carbocycles. The number of rotatable bonds is 5. The molecule has 13 nitrogen and oxygen atoms in total. The van der Waals surface area contributed by atoms with E-state index < -0.39 is 23.8 Å². The summed E-state index contributed by atoms with van der Waals surface area (Å²) in [6, 6.07) is 14.7. The molecule has 4 aliphatic rings. The molecule has 0 spiro atoms. The fourth-order valence-corrected chi connectivity index (χ4v) is 6.99. The summed E-state index contributed by atoms with van der Waals surface area (Å²) in [6.45, 7) is 6.62. The highest BCUT2D eigenvalue weighted by Crippen LogP contribution is 2.31. The summed E-state index contributed by atoms with van der Waals surface area (Å²) in [7, 11) is 0. The molecular formula is C32H33N9O4. The van der Waals surface area contributed by atoms with Gasteiger partial charge < -0.3 is 9.80 Å². The summed E-state index contributed by atoms with van der Waals surface area (Å²) in [6.07, 6.45) is 4.19. The number of piperidine rings is 1. The van der Waals surface area contributed by atoms with Crippen molar-refractivity contribution in [2.75, 3.05) is 62.2 Å². The van der Waals surface area contributed by atoms with Crippen molar-refractivity contribution in [2.45, 2.75) is 19.3 Å². The van der Waals surface area contributed by atoms with Gasteiger partial charge in [0, 0.05) is 64.1 Å². The SMILES string of the molecule is O=C1CCN(N2C(=O)c3ccc(N4CCC(CN5CCN(c6ccn7c(n6)nc6ccccc67)CC5)CC4)cc3C2=O)C(=O)N1. The fraction of sp³-hybridized carbons (Fsp3) is 0.375. The summed E-state index contributed by atoms with van der Waals surface area (Å²) in [5.74, 6) is 0.785. The first-order valence-electron chi connectivity index (χ1n) is 15.5. The number of nitrogens with one attached hydrogen (secondary N) is 1. The number of nitrogens with zero attached hydrogens (tertiary/aromatic N) is 8. The van der Waals surface area contributed by atoms with Gasteiger partial charge in [-0.15, -0.1) is 0 Å². The van der Waals surface area contributed by atoms with E-state index in [1.807, 2.05) is 28.7 Å². The Bertz CT molecular complexity index is 1860. The van der Waals surface area contributed by atoms with Crippen LogP contribution in [0.5, 0.6) is 0 Å². The van der Waals surface area contributed by atoms with Crippen molar-refractivity contribution >= 4 is 52.1 Å². The third kappa shape index (κ3) is 4.83. The highest BCUT2D eigenvalue weighted by molar-refractivity contribution is 6.22. The lowest BCUT2D eigenvalue weighted by molar-refractivity contribution is -0.122. The largest absolute Gasteiger partial charge is 0.371 e. The van der Waals surface area contributed by atoms with E-state index in [2.05, 4.69) is 38.3 Å². The normalized spacial score (nSPS) is 20.1. The molecule has 4 aliphatic heterocycles. The summed E-state index contributed by atoms with van der Waals surface area (Å²) in [5.41, 5.74) is 3.48. The van der Waals surface area contributed by atoms with Crippen molar-refractivity contribution < 1.29 is 19.2 Å². The number of imide groups is 2. The van der Waals surface area contributed by atoms with Crippen molar-refractivity contribution in [1.82, 2.24) is 34.6 Å². The molecule has 5 amide bonds. The van der Waals surface area contributed by atoms with Crippen LogP contribution in [-0.4, -0.2) is 105 Å². The van der Waals surface area contributed by atoms with Crippen LogP contribution >= 0.6 is 0 Å². The van der Waals surface area contributed by atoms with Crippen molar-refractivity contribution in [3.63, 3.8) is 0 Å². The molecule has 1 N–H and O–H groups in total. The van der Waals surface area contributed by atoms with Gasteiger partial charge in [-0.1, -0.05) is 12.1 Å². The number of piperazine rings is 1. The van der Waals surface area contributed by atoms with Gasteiger partial charge in [0.15, 0.2) is 0 Å². The fourth-order valence-electron chi connectivity index (χ4n) is 6.99. The van der Waals surface area contributed by atoms with Gasteiger partial charge in [0.2, 0.25) is 11.7 Å². The zero-order chi connectivity index (χ0) is 30.7. The first kappa shape index (κ1) is 27.5. The number of para-hydroxylation sites is 2. The van der Waals surface area contributed by atoms with Gasteiger partial charge in [-0.3, -0.25) is 29.0 Å². The Hall–Kier alpha value is -5.04. The maximum absolute atomic E-state index is 13.2. The second-order valence-electron chi connectivity index (χ2n) is 12.2. The van der Waals surface area contributed by atoms with Crippen LogP contribution in [0.4, 0.5) is 16.3 Å². The van der Waals surface area contributed by atoms with Crippen molar-refractivity contribution in [2.24, 2.45) is 5.92 Å². The number of carbonyl (C=O) groups excluding carboxylic acids is 4. The van der Waals surface area contributed by atoms with Crippen molar-refractivity contribution in [3.8, 4) is 0 Å². The van der Waals surface area contributed by atoms with Gasteiger partial charge in [0.05, 0.1) is 28.7 Å². The molecular weight excluding hydrogens is 574 g/mol. The number of benzene rings is 2. The Kier molecular flexibility index (Phi) is 6.63. The molecule has 3 fully saturated rings. The molecule has 0 bridgehead atoms. The van der Waals surface area contributed by atoms with Crippen LogP contribution in [-0.2, 0) is 4.79 Å². The Balaban J connectivity index is 0.854. The minimum absolute atomic E-state index is 0.0128. The summed E-state index contributed by atoms with van der Waals surface area (Å²) in [4.78, 5) is 66.8. The van der Waals surface area contributed by atoms with Crippen molar-refractivity contribution in [1.29, 1.82) is 0 Å². The number of urea groups is 1. The predicted octanol–water partition coefficient (Wildman–Crippen LogP) is 2.37. The number of fused-ring (bicyclic) bond motifs is 4. The molecule has 2 aromatic carbocycles. The van der Waals surface area contributed by atoms with Gasteiger partial charge in [-0.25, -0.2) is 14.8 Å². The smallest absolute Gasteiger partial charge is 0.343 e. The second kappa shape index (κ2) is 10.8. The van der Waals surface area contributed by atoms with Crippen LogP contribution in [0.2, 0.25) is 0 Å². The first-order valence-corrected chi connectivity index (χ1v) is 15.5. The van der Waals surface area contributed by atoms with Gasteiger partial charge in [-0.05, 0) is 55.2 Å². The van der Waals surface area contributed by atoms with E-state index in [-0.39, 0.29) is 24.1 Å². The van der Waals surface area contributed by atoms with Crippen molar-refractivity contribution in [3.05, 3.63) is 65.9 Å². The highest BCUT2D eigenvalue weighted by Gasteiger charge is 2.43. The molecule has 45 heavy (non-hydrogen) atoms. The number of imidazole rings is 1. The average molecular weight is 608 g/mol. The Morgan fingerprint density at radius 1 is 0.778 bits per heavy atom. The predicted molar refractivity (Wildman–Crippen MR) is 166 cm³/mol. The number of hydrogen-bond acceptors (Lipinski definition) is 9. The van der Waals surface area contributed by atoms with Gasteiger partial charge in [0.25, 0.3) is 11.8 Å². The van der Waals surface area contributed by atoms with Crippen LogP contribution in [0.1, 0.15) is 40.0 Å². The molecule has 4 aromatic rings. The number of hydrazine groups is 1. The lowest BCUT2D eigenvalue weighted by Gasteiger charge is -2.39. The minimum Gasteiger partial charge on any atom is -0.371 e. The molecule has 13 heteroatoms. The third-order valence-electron chi connectivity index (χ3n) is 9.48. The van der Waals surface area contributed by atoms with Crippen LogP contribution in [0.25, 0.3) is 16.8 Å². The summed E-state index contributed by atoms with van der Waals surface area (Å²) < 4.78 is 2.04. The zero-order valence-electron chi connectivity index (χ0n) is 24.8. The Labute approximate surface area is 259 Å². The van der Waals surface area contributed by atoms with E-state index in [1.165, 1.54) is 0 Å². The summed E-state index contributed by atoms with van der Waals surface area (Å²) >= 11 is 0. The highest BCUT2D eigenvalue weighted by atomic mass is 16.2. The van der Waals surface area contributed by atoms with E-state index in [1.54, 1.807) is 12.1 Å². The summed E-state index contributed by atoms with van der Waals surface area (Å²) in [5, 5.41) is 4.05. The molecule has 0 atom stereocenters. The first-order chi connectivity index (χ1) is 21.9. The minimum atomic E-state index is -0.759. The van der Waals surface area contributed by atoms with Crippen LogP contribution in [0.15, 0.2) is 54.7 Å². The van der Waals surface area contributed by atoms with Gasteiger partial charge >= 0.3 is 6.03 Å². The molecule has 6 heterocycles. The molecule has 3 saturated heterocycles. The quantitative estimate of drug-likeness (QED) is 0.340. The number of amides is 5. The molecule has 0 unspecified atom stereocenters. The van der Waals surface area contributed by atoms with Gasteiger partial charge in [0.1, 0.15) is 5.82 Å². The van der Waals surface area contributed by atoms with E-state index in [0.717, 1.165) is 97.0 Å². The number of hydrogen-bond donors (Lipinski definition) is 1. The molecule has 0 radical (unpaired) electrons.